The molecule has 0 N–H and O–H groups in total. The highest BCUT2D eigenvalue weighted by Crippen LogP contribution is 2.34. The summed E-state index contributed by atoms with van der Waals surface area (Å²) in [6, 6.07) is 2.93. The van der Waals surface area contributed by atoms with Crippen LogP contribution in [0.2, 0.25) is 5.02 Å². The highest BCUT2D eigenvalue weighted by molar-refractivity contribution is 6.33. The maximum Gasteiger partial charge on any atom is 0.416 e. The minimum atomic E-state index is -4.43. The van der Waals surface area contributed by atoms with E-state index in [0.29, 0.717) is 0 Å². The SMILES string of the molecule is FC(F)(F)c1ccc(Cl)c(-c2ncon2)c1. The number of hydrogen-bond acceptors (Lipinski definition) is 3. The van der Waals surface area contributed by atoms with E-state index >= 15 is 0 Å². The van der Waals surface area contributed by atoms with E-state index in [-0.39, 0.29) is 16.4 Å². The summed E-state index contributed by atoms with van der Waals surface area (Å²) in [4.78, 5) is 3.64. The van der Waals surface area contributed by atoms with Gasteiger partial charge in [0.1, 0.15) is 0 Å². The van der Waals surface area contributed by atoms with Gasteiger partial charge in [-0.25, -0.2) is 0 Å². The molecule has 0 unspecified atom stereocenters. The molecule has 0 spiro atoms. The van der Waals surface area contributed by atoms with Gasteiger partial charge in [0.15, 0.2) is 0 Å². The zero-order chi connectivity index (χ0) is 11.8. The van der Waals surface area contributed by atoms with Crippen molar-refractivity contribution in [2.75, 3.05) is 0 Å². The quantitative estimate of drug-likeness (QED) is 0.776. The van der Waals surface area contributed by atoms with Crippen molar-refractivity contribution in [1.29, 1.82) is 0 Å². The van der Waals surface area contributed by atoms with Crippen LogP contribution in [0.3, 0.4) is 0 Å². The summed E-state index contributed by atoms with van der Waals surface area (Å²) < 4.78 is 41.8. The van der Waals surface area contributed by atoms with Gasteiger partial charge in [0, 0.05) is 5.56 Å². The third-order valence-corrected chi connectivity index (χ3v) is 2.23. The topological polar surface area (TPSA) is 38.9 Å². The summed E-state index contributed by atoms with van der Waals surface area (Å²) in [5, 5.41) is 3.57. The summed E-state index contributed by atoms with van der Waals surface area (Å²) in [6.45, 7) is 0. The molecule has 0 aliphatic heterocycles. The summed E-state index contributed by atoms with van der Waals surface area (Å²) in [5.74, 6) is 0.0242. The molecule has 1 aromatic carbocycles. The normalized spacial score (nSPS) is 11.8. The second-order valence-electron chi connectivity index (χ2n) is 2.95. The number of halogens is 4. The van der Waals surface area contributed by atoms with Crippen molar-refractivity contribution in [3.8, 4) is 11.4 Å². The van der Waals surface area contributed by atoms with Crippen molar-refractivity contribution in [2.45, 2.75) is 6.18 Å². The summed E-state index contributed by atoms with van der Waals surface area (Å²) >= 11 is 5.75. The molecule has 7 heteroatoms. The predicted molar refractivity (Wildman–Crippen MR) is 49.7 cm³/mol. The fourth-order valence-corrected chi connectivity index (χ4v) is 1.36. The van der Waals surface area contributed by atoms with Gasteiger partial charge in [-0.05, 0) is 18.2 Å². The van der Waals surface area contributed by atoms with Crippen molar-refractivity contribution in [3.05, 3.63) is 35.2 Å². The van der Waals surface area contributed by atoms with E-state index in [1.54, 1.807) is 0 Å². The molecule has 16 heavy (non-hydrogen) atoms. The first-order valence-corrected chi connectivity index (χ1v) is 4.50. The Labute approximate surface area is 92.8 Å². The largest absolute Gasteiger partial charge is 0.416 e. The van der Waals surface area contributed by atoms with Gasteiger partial charge in [-0.1, -0.05) is 16.8 Å². The number of benzene rings is 1. The van der Waals surface area contributed by atoms with Gasteiger partial charge in [0.25, 0.3) is 0 Å². The number of nitrogens with zero attached hydrogens (tertiary/aromatic N) is 2. The Balaban J connectivity index is 2.54. The van der Waals surface area contributed by atoms with Gasteiger partial charge in [-0.15, -0.1) is 0 Å². The van der Waals surface area contributed by atoms with Crippen molar-refractivity contribution < 1.29 is 17.7 Å². The van der Waals surface area contributed by atoms with Crippen LogP contribution < -0.4 is 0 Å². The fourth-order valence-electron chi connectivity index (χ4n) is 1.16. The van der Waals surface area contributed by atoms with Gasteiger partial charge in [0.2, 0.25) is 12.2 Å². The van der Waals surface area contributed by atoms with Gasteiger partial charge in [-0.3, -0.25) is 0 Å². The Kier molecular flexibility index (Phi) is 2.59. The van der Waals surface area contributed by atoms with E-state index in [2.05, 4.69) is 14.7 Å². The van der Waals surface area contributed by atoms with Gasteiger partial charge < -0.3 is 4.52 Å². The lowest BCUT2D eigenvalue weighted by Gasteiger charge is -2.08. The Morgan fingerprint density at radius 3 is 2.56 bits per heavy atom. The molecule has 0 radical (unpaired) electrons. The lowest BCUT2D eigenvalue weighted by Crippen LogP contribution is -2.04. The number of alkyl halides is 3. The van der Waals surface area contributed by atoms with E-state index in [1.165, 1.54) is 0 Å². The van der Waals surface area contributed by atoms with Gasteiger partial charge >= 0.3 is 6.18 Å². The average molecular weight is 249 g/mol. The Morgan fingerprint density at radius 2 is 2.00 bits per heavy atom. The van der Waals surface area contributed by atoms with Gasteiger partial charge in [-0.2, -0.15) is 18.2 Å². The van der Waals surface area contributed by atoms with Crippen LogP contribution in [0.5, 0.6) is 0 Å². The smallest absolute Gasteiger partial charge is 0.342 e. The molecule has 3 nitrogen and oxygen atoms in total. The Bertz CT molecular complexity index is 496. The molecule has 0 saturated carbocycles. The zero-order valence-corrected chi connectivity index (χ0v) is 8.38. The molecular formula is C9H4ClF3N2O. The van der Waals surface area contributed by atoms with Crippen molar-refractivity contribution in [2.24, 2.45) is 0 Å². The summed E-state index contributed by atoms with van der Waals surface area (Å²) in [6.07, 6.45) is -3.41. The molecule has 0 aliphatic rings. The highest BCUT2D eigenvalue weighted by Gasteiger charge is 2.31. The molecule has 2 aromatic rings. The predicted octanol–water partition coefficient (Wildman–Crippen LogP) is 3.41. The summed E-state index contributed by atoms with van der Waals surface area (Å²) in [5.41, 5.74) is -0.720. The second kappa shape index (κ2) is 3.79. The molecule has 0 amide bonds. The Hall–Kier alpha value is -1.56. The van der Waals surface area contributed by atoms with Crippen LogP contribution in [0.25, 0.3) is 11.4 Å². The van der Waals surface area contributed by atoms with Crippen LogP contribution >= 0.6 is 11.6 Å². The highest BCUT2D eigenvalue weighted by atomic mass is 35.5. The lowest BCUT2D eigenvalue weighted by molar-refractivity contribution is -0.137. The first kappa shape index (κ1) is 10.9. The standard InChI is InChI=1S/C9H4ClF3N2O/c10-7-2-1-5(9(11,12)13)3-6(7)8-14-4-16-15-8/h1-4H. The van der Waals surface area contributed by atoms with Crippen LogP contribution in [0.1, 0.15) is 5.56 Å². The first-order chi connectivity index (χ1) is 7.48. The van der Waals surface area contributed by atoms with Crippen molar-refractivity contribution >= 4 is 11.6 Å². The molecule has 2 rings (SSSR count). The van der Waals surface area contributed by atoms with Crippen molar-refractivity contribution in [3.63, 3.8) is 0 Å². The van der Waals surface area contributed by atoms with Crippen molar-refractivity contribution in [1.82, 2.24) is 10.1 Å². The van der Waals surface area contributed by atoms with E-state index in [9.17, 15) is 13.2 Å². The number of rotatable bonds is 1. The molecule has 0 bridgehead atoms. The number of hydrogen-bond donors (Lipinski definition) is 0. The van der Waals surface area contributed by atoms with Crippen LogP contribution in [-0.4, -0.2) is 10.1 Å². The molecule has 0 aliphatic carbocycles. The third kappa shape index (κ3) is 2.01. The van der Waals surface area contributed by atoms with Crippen LogP contribution in [0.4, 0.5) is 13.2 Å². The average Bonchev–Trinajstić information content (AvgIpc) is 2.69. The molecule has 84 valence electrons. The monoisotopic (exact) mass is 248 g/mol. The van der Waals surface area contributed by atoms with Crippen LogP contribution in [0, 0.1) is 0 Å². The minimum absolute atomic E-state index is 0.0242. The third-order valence-electron chi connectivity index (χ3n) is 1.90. The first-order valence-electron chi connectivity index (χ1n) is 4.12. The maximum atomic E-state index is 12.4. The second-order valence-corrected chi connectivity index (χ2v) is 3.35. The molecular weight excluding hydrogens is 245 g/mol. The molecule has 1 heterocycles. The maximum absolute atomic E-state index is 12.4. The summed E-state index contributed by atoms with van der Waals surface area (Å²) in [7, 11) is 0. The molecule has 0 saturated heterocycles. The zero-order valence-electron chi connectivity index (χ0n) is 7.62. The van der Waals surface area contributed by atoms with Crippen LogP contribution in [0.15, 0.2) is 29.1 Å². The minimum Gasteiger partial charge on any atom is -0.342 e. The van der Waals surface area contributed by atoms with E-state index in [0.717, 1.165) is 24.6 Å². The molecule has 0 fully saturated rings. The van der Waals surface area contributed by atoms with E-state index in [4.69, 9.17) is 11.6 Å². The van der Waals surface area contributed by atoms with E-state index in [1.807, 2.05) is 0 Å². The fraction of sp³-hybridized carbons (Fsp3) is 0.111. The Morgan fingerprint density at radius 1 is 1.25 bits per heavy atom. The number of aromatic nitrogens is 2. The van der Waals surface area contributed by atoms with Crippen LogP contribution in [-0.2, 0) is 6.18 Å². The van der Waals surface area contributed by atoms with Gasteiger partial charge in [0.05, 0.1) is 10.6 Å². The molecule has 0 atom stereocenters. The lowest BCUT2D eigenvalue weighted by atomic mass is 10.1. The molecule has 1 aromatic heterocycles. The van der Waals surface area contributed by atoms with E-state index < -0.39 is 11.7 Å².